The summed E-state index contributed by atoms with van der Waals surface area (Å²) in [5.74, 6) is -3.20. The predicted octanol–water partition coefficient (Wildman–Crippen LogP) is 3.96. The predicted molar refractivity (Wildman–Crippen MR) is 92.8 cm³/mol. The van der Waals surface area contributed by atoms with Crippen LogP contribution in [0.1, 0.15) is 5.69 Å². The summed E-state index contributed by atoms with van der Waals surface area (Å²) in [6.07, 6.45) is 2.32. The molecule has 0 spiro atoms. The molecule has 0 radical (unpaired) electrons. The summed E-state index contributed by atoms with van der Waals surface area (Å²) < 4.78 is 0. The number of carbonyl (C=O) groups excluding carboxylic acids is 1. The molecule has 0 bridgehead atoms. The number of hydrogen-bond acceptors (Lipinski definition) is 4. The van der Waals surface area contributed by atoms with Gasteiger partial charge in [-0.05, 0) is 28.6 Å². The van der Waals surface area contributed by atoms with Crippen LogP contribution >= 0.6 is 11.3 Å². The van der Waals surface area contributed by atoms with Gasteiger partial charge >= 0.3 is 5.97 Å². The van der Waals surface area contributed by atoms with E-state index in [1.807, 2.05) is 41.8 Å². The van der Waals surface area contributed by atoms with Gasteiger partial charge in [0.2, 0.25) is 0 Å². The average molecular weight is 339 g/mol. The van der Waals surface area contributed by atoms with Crippen molar-refractivity contribution in [1.82, 2.24) is 4.98 Å². The third kappa shape index (κ3) is 3.13. The number of aliphatic hydroxyl groups excluding tert-OH is 1. The Labute approximate surface area is 141 Å². The molecule has 1 aromatic carbocycles. The van der Waals surface area contributed by atoms with Gasteiger partial charge in [0.25, 0.3) is 5.78 Å². The van der Waals surface area contributed by atoms with Crippen LogP contribution in [-0.2, 0) is 9.59 Å². The third-order valence-electron chi connectivity index (χ3n) is 3.45. The number of hydrogen-bond donors (Lipinski definition) is 3. The Bertz CT molecular complexity index is 921. The number of nitrogens with one attached hydrogen (secondary N) is 1. The van der Waals surface area contributed by atoms with Crippen molar-refractivity contribution in [1.29, 1.82) is 0 Å². The highest BCUT2D eigenvalue weighted by Crippen LogP contribution is 2.35. The van der Waals surface area contributed by atoms with E-state index >= 15 is 0 Å². The molecule has 0 saturated carbocycles. The molecule has 0 aliphatic heterocycles. The maximum absolute atomic E-state index is 11.2. The Morgan fingerprint density at radius 3 is 2.50 bits per heavy atom. The summed E-state index contributed by atoms with van der Waals surface area (Å²) in [7, 11) is 0. The zero-order valence-corrected chi connectivity index (χ0v) is 13.2. The van der Waals surface area contributed by atoms with Crippen molar-refractivity contribution in [2.75, 3.05) is 0 Å². The lowest BCUT2D eigenvalue weighted by Crippen LogP contribution is -2.09. The number of H-pyrrole nitrogens is 1. The molecule has 6 heteroatoms. The van der Waals surface area contributed by atoms with Gasteiger partial charge in [-0.15, -0.1) is 11.3 Å². The molecule has 3 N–H and O–H groups in total. The fourth-order valence-electron chi connectivity index (χ4n) is 2.30. The zero-order chi connectivity index (χ0) is 17.1. The molecule has 0 fully saturated rings. The maximum atomic E-state index is 11.2. The molecule has 3 rings (SSSR count). The fourth-order valence-corrected chi connectivity index (χ4v) is 3.25. The fraction of sp³-hybridized carbons (Fsp3) is 0. The van der Waals surface area contributed by atoms with Crippen LogP contribution in [0.5, 0.6) is 0 Å². The smallest absolute Gasteiger partial charge is 0.376 e. The Balaban J connectivity index is 1.95. The highest BCUT2D eigenvalue weighted by molar-refractivity contribution is 7.14. The summed E-state index contributed by atoms with van der Waals surface area (Å²) in [6, 6.07) is 13.6. The lowest BCUT2D eigenvalue weighted by molar-refractivity contribution is -0.146. The summed E-state index contributed by atoms with van der Waals surface area (Å²) in [4.78, 5) is 25.6. The Hall–Kier alpha value is -3.12. The summed E-state index contributed by atoms with van der Waals surface area (Å²) in [6.45, 7) is 0. The van der Waals surface area contributed by atoms with Crippen LogP contribution in [0.4, 0.5) is 0 Å². The van der Waals surface area contributed by atoms with Gasteiger partial charge in [0.1, 0.15) is 5.76 Å². The van der Waals surface area contributed by atoms with E-state index < -0.39 is 17.5 Å². The van der Waals surface area contributed by atoms with Crippen molar-refractivity contribution in [3.8, 4) is 21.6 Å². The van der Waals surface area contributed by atoms with Gasteiger partial charge in [-0.3, -0.25) is 4.79 Å². The van der Waals surface area contributed by atoms with Crippen LogP contribution in [0.15, 0.2) is 60.1 Å². The maximum Gasteiger partial charge on any atom is 0.376 e. The SMILES string of the molecule is O=C(O)C(=O)C=C(O)c1[nH]ccc1-c1cc(-c2ccccc2)cs1. The highest BCUT2D eigenvalue weighted by atomic mass is 32.1. The zero-order valence-electron chi connectivity index (χ0n) is 12.4. The van der Waals surface area contributed by atoms with Crippen LogP contribution in [0.25, 0.3) is 27.3 Å². The third-order valence-corrected chi connectivity index (χ3v) is 4.42. The van der Waals surface area contributed by atoms with E-state index in [1.54, 1.807) is 12.3 Å². The van der Waals surface area contributed by atoms with E-state index in [1.165, 1.54) is 11.3 Å². The molecule has 0 saturated heterocycles. The number of aliphatic hydroxyl groups is 1. The molecule has 5 nitrogen and oxygen atoms in total. The van der Waals surface area contributed by atoms with Crippen molar-refractivity contribution < 1.29 is 19.8 Å². The molecular weight excluding hydrogens is 326 g/mol. The normalized spacial score (nSPS) is 11.4. The van der Waals surface area contributed by atoms with Crippen molar-refractivity contribution in [3.05, 3.63) is 65.8 Å². The topological polar surface area (TPSA) is 90.4 Å². The van der Waals surface area contributed by atoms with Gasteiger partial charge in [-0.25, -0.2) is 4.79 Å². The summed E-state index contributed by atoms with van der Waals surface area (Å²) in [5.41, 5.74) is 3.14. The number of carbonyl (C=O) groups is 2. The number of ketones is 1. The number of carboxylic acids is 1. The Morgan fingerprint density at radius 2 is 1.79 bits per heavy atom. The molecule has 0 unspecified atom stereocenters. The van der Waals surface area contributed by atoms with E-state index in [0.717, 1.165) is 16.0 Å². The quantitative estimate of drug-likeness (QED) is 0.373. The molecule has 0 atom stereocenters. The molecular formula is C18H13NO4S. The van der Waals surface area contributed by atoms with E-state index in [-0.39, 0.29) is 0 Å². The first kappa shape index (κ1) is 15.8. The Kier molecular flexibility index (Phi) is 4.31. The van der Waals surface area contributed by atoms with Gasteiger partial charge in [0.05, 0.1) is 5.69 Å². The number of carboxylic acid groups (broad SMARTS) is 1. The first-order valence-corrected chi connectivity index (χ1v) is 7.94. The first-order valence-electron chi connectivity index (χ1n) is 7.06. The molecule has 120 valence electrons. The second-order valence-electron chi connectivity index (χ2n) is 5.03. The van der Waals surface area contributed by atoms with Gasteiger partial charge in [0, 0.05) is 22.7 Å². The van der Waals surface area contributed by atoms with Crippen LogP contribution in [-0.4, -0.2) is 26.9 Å². The molecule has 0 amide bonds. The van der Waals surface area contributed by atoms with E-state index in [2.05, 4.69) is 4.98 Å². The van der Waals surface area contributed by atoms with Crippen molar-refractivity contribution in [3.63, 3.8) is 0 Å². The molecule has 0 aliphatic rings. The molecule has 24 heavy (non-hydrogen) atoms. The van der Waals surface area contributed by atoms with Crippen LogP contribution in [0.3, 0.4) is 0 Å². The second-order valence-corrected chi connectivity index (χ2v) is 5.94. The van der Waals surface area contributed by atoms with E-state index in [9.17, 15) is 14.7 Å². The molecule has 2 aromatic heterocycles. The van der Waals surface area contributed by atoms with Crippen molar-refractivity contribution in [2.24, 2.45) is 0 Å². The van der Waals surface area contributed by atoms with Gasteiger partial charge < -0.3 is 15.2 Å². The number of aromatic amines is 1. The average Bonchev–Trinajstić information content (AvgIpc) is 3.24. The van der Waals surface area contributed by atoms with Gasteiger partial charge in [-0.1, -0.05) is 30.3 Å². The van der Waals surface area contributed by atoms with Crippen LogP contribution in [0.2, 0.25) is 0 Å². The van der Waals surface area contributed by atoms with Gasteiger partial charge in [0.15, 0.2) is 0 Å². The standard InChI is InChI=1S/C18H13NO4S/c20-14(9-15(21)18(22)23)17-13(6-7-19-17)16-8-12(10-24-16)11-4-2-1-3-5-11/h1-10,19-20H,(H,22,23). The van der Waals surface area contributed by atoms with E-state index in [4.69, 9.17) is 5.11 Å². The van der Waals surface area contributed by atoms with E-state index in [0.29, 0.717) is 17.3 Å². The molecule has 0 aliphatic carbocycles. The summed E-state index contributed by atoms with van der Waals surface area (Å²) >= 11 is 1.50. The summed E-state index contributed by atoms with van der Waals surface area (Å²) in [5, 5.41) is 20.7. The largest absolute Gasteiger partial charge is 0.506 e. The van der Waals surface area contributed by atoms with Crippen LogP contribution < -0.4 is 0 Å². The number of aromatic nitrogens is 1. The Morgan fingerprint density at radius 1 is 1.04 bits per heavy atom. The lowest BCUT2D eigenvalue weighted by Gasteiger charge is -2.01. The number of aliphatic carboxylic acids is 1. The molecule has 3 aromatic rings. The minimum atomic E-state index is -1.61. The van der Waals surface area contributed by atoms with Gasteiger partial charge in [-0.2, -0.15) is 0 Å². The monoisotopic (exact) mass is 339 g/mol. The minimum absolute atomic E-state index is 0.311. The second kappa shape index (κ2) is 6.55. The first-order chi connectivity index (χ1) is 11.6. The lowest BCUT2D eigenvalue weighted by atomic mass is 10.1. The minimum Gasteiger partial charge on any atom is -0.506 e. The number of benzene rings is 1. The highest BCUT2D eigenvalue weighted by Gasteiger charge is 2.16. The number of thiophene rings is 1. The number of rotatable bonds is 5. The molecule has 2 heterocycles. The van der Waals surface area contributed by atoms with Crippen LogP contribution in [0, 0.1) is 0 Å². The van der Waals surface area contributed by atoms with Crippen molar-refractivity contribution >= 4 is 28.8 Å². The van der Waals surface area contributed by atoms with Crippen molar-refractivity contribution in [2.45, 2.75) is 0 Å².